The molecule has 0 aromatic carbocycles. The molecule has 1 N–H and O–H groups in total. The maximum absolute atomic E-state index is 9.55. The second kappa shape index (κ2) is 2.58. The van der Waals surface area contributed by atoms with Crippen LogP contribution in [0.2, 0.25) is 0 Å². The van der Waals surface area contributed by atoms with Gasteiger partial charge in [-0.3, -0.25) is 0 Å². The fourth-order valence-corrected chi connectivity index (χ4v) is 1.46. The Kier molecular flexibility index (Phi) is 1.67. The van der Waals surface area contributed by atoms with Crippen LogP contribution in [0, 0.1) is 6.92 Å². The molecule has 0 aromatic rings. The number of aromatic hydroxyl groups is 1. The molecule has 0 fully saturated rings. The van der Waals surface area contributed by atoms with Gasteiger partial charge in [0.1, 0.15) is 6.33 Å². The number of fused-ring (bicyclic) bond motifs is 1. The van der Waals surface area contributed by atoms with E-state index in [1.54, 1.807) is 0 Å². The van der Waals surface area contributed by atoms with Crippen LogP contribution in [0.15, 0.2) is 12.4 Å². The minimum absolute atomic E-state index is 0.196. The maximum atomic E-state index is 9.55. The summed E-state index contributed by atoms with van der Waals surface area (Å²) in [6, 6.07) is 1.81. The number of aromatic nitrogens is 3. The van der Waals surface area contributed by atoms with Crippen molar-refractivity contribution in [2.75, 3.05) is 0 Å². The summed E-state index contributed by atoms with van der Waals surface area (Å²) in [5.41, 5.74) is 1.57. The van der Waals surface area contributed by atoms with Gasteiger partial charge in [0.05, 0.1) is 28.4 Å². The van der Waals surface area contributed by atoms with Crippen molar-refractivity contribution in [3.05, 3.63) is 18.1 Å². The molecule has 2 aliphatic rings. The van der Waals surface area contributed by atoms with E-state index in [0.29, 0.717) is 11.4 Å². The lowest BCUT2D eigenvalue weighted by Crippen LogP contribution is -1.91. The van der Waals surface area contributed by atoms with Crippen LogP contribution in [-0.4, -0.2) is 17.9 Å². The SMILES string of the molecule is Cc1cc2c(O)n(I)cnc-2n1. The van der Waals surface area contributed by atoms with Gasteiger partial charge in [-0.1, -0.05) is 0 Å². The molecule has 2 rings (SSSR count). The lowest BCUT2D eigenvalue weighted by atomic mass is 10.3. The van der Waals surface area contributed by atoms with E-state index in [-0.39, 0.29) is 5.88 Å². The molecule has 2 heterocycles. The van der Waals surface area contributed by atoms with Gasteiger partial charge in [-0.05, 0) is 13.0 Å². The van der Waals surface area contributed by atoms with Gasteiger partial charge >= 0.3 is 0 Å². The fraction of sp³-hybridized carbons (Fsp3) is 0.143. The van der Waals surface area contributed by atoms with Crippen molar-refractivity contribution >= 4 is 22.9 Å². The largest absolute Gasteiger partial charge is 0.493 e. The Balaban J connectivity index is 2.80. The third-order valence-electron chi connectivity index (χ3n) is 1.60. The molecule has 0 spiro atoms. The molecule has 0 atom stereocenters. The van der Waals surface area contributed by atoms with Crippen molar-refractivity contribution < 1.29 is 5.11 Å². The molecule has 12 heavy (non-hydrogen) atoms. The van der Waals surface area contributed by atoms with Crippen LogP contribution in [0.3, 0.4) is 0 Å². The zero-order valence-electron chi connectivity index (χ0n) is 6.32. The van der Waals surface area contributed by atoms with E-state index >= 15 is 0 Å². The van der Waals surface area contributed by atoms with Gasteiger partial charge in [-0.25, -0.2) is 12.7 Å². The van der Waals surface area contributed by atoms with E-state index in [4.69, 9.17) is 0 Å². The van der Waals surface area contributed by atoms with Gasteiger partial charge in [-0.2, -0.15) is 0 Å². The first kappa shape index (κ1) is 7.78. The Morgan fingerprint density at radius 3 is 3.08 bits per heavy atom. The summed E-state index contributed by atoms with van der Waals surface area (Å²) < 4.78 is 1.53. The topological polar surface area (TPSA) is 50.9 Å². The van der Waals surface area contributed by atoms with Crippen molar-refractivity contribution in [3.63, 3.8) is 0 Å². The van der Waals surface area contributed by atoms with Gasteiger partial charge in [0.15, 0.2) is 5.82 Å². The lowest BCUT2D eigenvalue weighted by Gasteiger charge is -2.02. The summed E-state index contributed by atoms with van der Waals surface area (Å²) in [7, 11) is 0. The van der Waals surface area contributed by atoms with E-state index in [0.717, 1.165) is 5.69 Å². The third kappa shape index (κ3) is 1.04. The highest BCUT2D eigenvalue weighted by Gasteiger charge is 2.14. The van der Waals surface area contributed by atoms with Crippen LogP contribution in [0.5, 0.6) is 5.88 Å². The highest BCUT2D eigenvalue weighted by Crippen LogP contribution is 2.30. The van der Waals surface area contributed by atoms with Gasteiger partial charge in [0, 0.05) is 5.69 Å². The van der Waals surface area contributed by atoms with Crippen molar-refractivity contribution in [1.29, 1.82) is 0 Å². The van der Waals surface area contributed by atoms with Crippen LogP contribution in [0.1, 0.15) is 5.69 Å². The van der Waals surface area contributed by atoms with E-state index in [1.807, 2.05) is 35.9 Å². The smallest absolute Gasteiger partial charge is 0.212 e. The summed E-state index contributed by atoms with van der Waals surface area (Å²) in [5.74, 6) is 0.791. The van der Waals surface area contributed by atoms with Crippen LogP contribution in [-0.2, 0) is 0 Å². The summed E-state index contributed by atoms with van der Waals surface area (Å²) in [4.78, 5) is 8.17. The van der Waals surface area contributed by atoms with Crippen LogP contribution < -0.4 is 0 Å². The first-order chi connectivity index (χ1) is 5.68. The molecule has 0 bridgehead atoms. The molecule has 4 nitrogen and oxygen atoms in total. The zero-order chi connectivity index (χ0) is 8.72. The number of nitrogens with zero attached hydrogens (tertiary/aromatic N) is 3. The minimum Gasteiger partial charge on any atom is -0.493 e. The molecule has 0 radical (unpaired) electrons. The number of rotatable bonds is 0. The molecule has 0 unspecified atom stereocenters. The molecule has 0 amide bonds. The van der Waals surface area contributed by atoms with Crippen LogP contribution in [0.25, 0.3) is 11.4 Å². The fourth-order valence-electron chi connectivity index (χ4n) is 1.07. The molecule has 62 valence electrons. The van der Waals surface area contributed by atoms with Crippen LogP contribution >= 0.6 is 22.9 Å². The zero-order valence-corrected chi connectivity index (χ0v) is 8.48. The van der Waals surface area contributed by atoms with E-state index in [9.17, 15) is 5.11 Å². The van der Waals surface area contributed by atoms with Gasteiger partial charge < -0.3 is 5.11 Å². The number of halogens is 1. The summed E-state index contributed by atoms with van der Waals surface area (Å²) in [6.45, 7) is 1.87. The average Bonchev–Trinajstić information content (AvgIpc) is 2.39. The van der Waals surface area contributed by atoms with Crippen molar-refractivity contribution in [2.24, 2.45) is 0 Å². The molecule has 0 aromatic heterocycles. The van der Waals surface area contributed by atoms with Gasteiger partial charge in [0.2, 0.25) is 5.88 Å². The predicted molar refractivity (Wildman–Crippen MR) is 52.5 cm³/mol. The Hall–Kier alpha value is -0.850. The Bertz CT molecular complexity index is 398. The summed E-state index contributed by atoms with van der Waals surface area (Å²) in [6.07, 6.45) is 1.53. The van der Waals surface area contributed by atoms with E-state index < -0.39 is 0 Å². The molecule has 0 saturated carbocycles. The maximum Gasteiger partial charge on any atom is 0.212 e. The van der Waals surface area contributed by atoms with E-state index in [1.165, 1.54) is 9.11 Å². The van der Waals surface area contributed by atoms with Crippen molar-refractivity contribution in [3.8, 4) is 17.3 Å². The third-order valence-corrected chi connectivity index (χ3v) is 2.31. The normalized spacial score (nSPS) is 10.8. The van der Waals surface area contributed by atoms with Crippen LogP contribution in [0.4, 0.5) is 0 Å². The molecule has 0 saturated heterocycles. The van der Waals surface area contributed by atoms with Gasteiger partial charge in [0.25, 0.3) is 0 Å². The molecule has 5 heteroatoms. The first-order valence-electron chi connectivity index (χ1n) is 3.38. The molecular formula is C7H6IN3O. The van der Waals surface area contributed by atoms with Gasteiger partial charge in [-0.15, -0.1) is 0 Å². The lowest BCUT2D eigenvalue weighted by molar-refractivity contribution is 0.451. The Morgan fingerprint density at radius 2 is 2.33 bits per heavy atom. The second-order valence-corrected chi connectivity index (χ2v) is 3.55. The second-order valence-electron chi connectivity index (χ2n) is 2.51. The summed E-state index contributed by atoms with van der Waals surface area (Å²) in [5, 5.41) is 9.55. The molecule has 0 aliphatic carbocycles. The number of hydrogen-bond acceptors (Lipinski definition) is 3. The monoisotopic (exact) mass is 275 g/mol. The predicted octanol–water partition coefficient (Wildman–Crippen LogP) is 1.60. The van der Waals surface area contributed by atoms with Crippen molar-refractivity contribution in [2.45, 2.75) is 6.92 Å². The van der Waals surface area contributed by atoms with E-state index in [2.05, 4.69) is 9.97 Å². The number of hydrogen-bond donors (Lipinski definition) is 1. The molecule has 2 aliphatic heterocycles. The summed E-state index contributed by atoms with van der Waals surface area (Å²) >= 11 is 1.96. The van der Waals surface area contributed by atoms with Crippen molar-refractivity contribution in [1.82, 2.24) is 12.7 Å². The highest BCUT2D eigenvalue weighted by atomic mass is 127. The quantitative estimate of drug-likeness (QED) is 0.743. The average molecular weight is 275 g/mol. The Labute approximate surface area is 83.1 Å². The number of aryl methyl sites for hydroxylation is 1. The minimum atomic E-state index is 0.196. The first-order valence-corrected chi connectivity index (χ1v) is 4.35. The highest BCUT2D eigenvalue weighted by molar-refractivity contribution is 14.1. The Morgan fingerprint density at radius 1 is 1.58 bits per heavy atom. The standard InChI is InChI=1S/C7H6IN3O/c1-4-2-5-6(10-4)9-3-11(8)7(5)12/h2-3,12H,1H3. The molecular weight excluding hydrogens is 269 g/mol.